The van der Waals surface area contributed by atoms with Gasteiger partial charge >= 0.3 is 7.60 Å². The van der Waals surface area contributed by atoms with Crippen LogP contribution in [0.5, 0.6) is 0 Å². The van der Waals surface area contributed by atoms with Crippen molar-refractivity contribution in [1.29, 1.82) is 0 Å². The van der Waals surface area contributed by atoms with Crippen molar-refractivity contribution in [3.05, 3.63) is 125 Å². The molecule has 0 spiro atoms. The molecule has 4 aromatic rings. The maximum atomic E-state index is 13.6. The maximum Gasteiger partial charge on any atom is 0.361 e. The van der Waals surface area contributed by atoms with E-state index in [1.807, 2.05) is 48.5 Å². The number of carbonyl (C=O) groups excluding carboxylic acids is 1. The molecule has 2 N–H and O–H groups in total. The van der Waals surface area contributed by atoms with Crippen LogP contribution in [0.1, 0.15) is 43.0 Å². The van der Waals surface area contributed by atoms with Gasteiger partial charge in [-0.2, -0.15) is 0 Å². The number of hydrogen-bond donors (Lipinski definition) is 2. The topological polar surface area (TPSA) is 79.9 Å². The average Bonchev–Trinajstić information content (AvgIpc) is 3.36. The van der Waals surface area contributed by atoms with Crippen LogP contribution < -0.4 is 15.9 Å². The molecule has 43 heavy (non-hydrogen) atoms. The van der Waals surface area contributed by atoms with Crippen molar-refractivity contribution in [2.45, 2.75) is 33.9 Å². The SMILES string of the molecule is CCOP(=O)(OCC)c1ccc2c(c1)C(=C(Nc1ccc(CN(CC)Cc3ccccc3)cc1)c1ccccc1)C(=O)N2. The summed E-state index contributed by atoms with van der Waals surface area (Å²) in [6.07, 6.45) is 0. The molecule has 0 radical (unpaired) electrons. The third kappa shape index (κ3) is 7.15. The maximum absolute atomic E-state index is 13.6. The number of rotatable bonds is 13. The van der Waals surface area contributed by atoms with Gasteiger partial charge in [-0.3, -0.25) is 14.3 Å². The first-order valence-corrected chi connectivity index (χ1v) is 16.3. The summed E-state index contributed by atoms with van der Waals surface area (Å²) in [6.45, 7) is 8.87. The second-order valence-electron chi connectivity index (χ2n) is 10.2. The Morgan fingerprint density at radius 1 is 0.791 bits per heavy atom. The minimum atomic E-state index is -3.55. The predicted octanol–water partition coefficient (Wildman–Crippen LogP) is 7.53. The molecule has 5 rings (SSSR count). The molecule has 0 bridgehead atoms. The Morgan fingerprint density at radius 3 is 2.00 bits per heavy atom. The number of nitrogens with one attached hydrogen (secondary N) is 2. The Labute approximate surface area is 254 Å². The normalized spacial score (nSPS) is 14.0. The average molecular weight is 596 g/mol. The zero-order valence-electron chi connectivity index (χ0n) is 24.9. The van der Waals surface area contributed by atoms with E-state index in [-0.39, 0.29) is 19.1 Å². The highest BCUT2D eigenvalue weighted by molar-refractivity contribution is 7.62. The van der Waals surface area contributed by atoms with Gasteiger partial charge in [0.1, 0.15) is 0 Å². The van der Waals surface area contributed by atoms with Gasteiger partial charge in [0.15, 0.2) is 0 Å². The van der Waals surface area contributed by atoms with E-state index >= 15 is 0 Å². The van der Waals surface area contributed by atoms with E-state index in [1.54, 1.807) is 32.0 Å². The van der Waals surface area contributed by atoms with Crippen LogP contribution in [0.3, 0.4) is 0 Å². The van der Waals surface area contributed by atoms with Crippen LogP contribution in [0.4, 0.5) is 11.4 Å². The summed E-state index contributed by atoms with van der Waals surface area (Å²) in [4.78, 5) is 15.9. The molecule has 8 heteroatoms. The minimum absolute atomic E-state index is 0.239. The van der Waals surface area contributed by atoms with Gasteiger partial charge in [0.05, 0.1) is 29.8 Å². The first-order chi connectivity index (χ1) is 20.9. The van der Waals surface area contributed by atoms with E-state index in [4.69, 9.17) is 9.05 Å². The third-order valence-electron chi connectivity index (χ3n) is 7.30. The highest BCUT2D eigenvalue weighted by Crippen LogP contribution is 2.48. The van der Waals surface area contributed by atoms with Crippen molar-refractivity contribution in [2.75, 3.05) is 30.4 Å². The smallest absolute Gasteiger partial charge is 0.354 e. The zero-order chi connectivity index (χ0) is 30.2. The predicted molar refractivity (Wildman–Crippen MR) is 175 cm³/mol. The summed E-state index contributed by atoms with van der Waals surface area (Å²) in [6, 6.07) is 33.7. The van der Waals surface area contributed by atoms with E-state index in [1.165, 1.54) is 11.1 Å². The Balaban J connectivity index is 1.47. The molecule has 0 atom stereocenters. The van der Waals surface area contributed by atoms with Crippen LogP contribution in [0, 0.1) is 0 Å². The van der Waals surface area contributed by atoms with Crippen molar-refractivity contribution >= 4 is 41.5 Å². The van der Waals surface area contributed by atoms with Crippen molar-refractivity contribution in [2.24, 2.45) is 0 Å². The fourth-order valence-corrected chi connectivity index (χ4v) is 6.80. The van der Waals surface area contributed by atoms with Crippen molar-refractivity contribution in [1.82, 2.24) is 4.90 Å². The molecule has 0 aromatic heterocycles. The molecule has 1 aliphatic heterocycles. The molecule has 1 aliphatic rings. The molecule has 7 nitrogen and oxygen atoms in total. The summed E-state index contributed by atoms with van der Waals surface area (Å²) >= 11 is 0. The standard InChI is InChI=1S/C35H38N3O4P/c1-4-38(24-26-13-9-7-10-14-26)25-27-17-19-29(20-18-27)36-34(28-15-11-8-12-16-28)33-31-23-30(21-22-32(31)37-35(33)39)43(40,41-5-2)42-6-3/h7-23,36H,4-6,24-25H2,1-3H3,(H,37,39). The number of amides is 1. The molecule has 0 fully saturated rings. The monoisotopic (exact) mass is 595 g/mol. The first kappa shape index (κ1) is 30.5. The highest BCUT2D eigenvalue weighted by Gasteiger charge is 2.33. The summed E-state index contributed by atoms with van der Waals surface area (Å²) in [5.41, 5.74) is 6.61. The van der Waals surface area contributed by atoms with Gasteiger partial charge in [-0.1, -0.05) is 79.7 Å². The molecule has 1 heterocycles. The number of anilines is 2. The van der Waals surface area contributed by atoms with Crippen molar-refractivity contribution in [3.63, 3.8) is 0 Å². The lowest BCUT2D eigenvalue weighted by atomic mass is 10.00. The lowest BCUT2D eigenvalue weighted by Crippen LogP contribution is -2.22. The van der Waals surface area contributed by atoms with E-state index in [9.17, 15) is 9.36 Å². The lowest BCUT2D eigenvalue weighted by Gasteiger charge is -2.21. The van der Waals surface area contributed by atoms with Crippen LogP contribution in [-0.4, -0.2) is 30.6 Å². The van der Waals surface area contributed by atoms with Crippen LogP contribution >= 0.6 is 7.60 Å². The van der Waals surface area contributed by atoms with Crippen LogP contribution in [0.2, 0.25) is 0 Å². The Hall–Kier alpha value is -4.00. The molecule has 0 unspecified atom stereocenters. The first-order valence-electron chi connectivity index (χ1n) is 14.7. The number of hydrogen-bond acceptors (Lipinski definition) is 6. The molecular formula is C35H38N3O4P. The van der Waals surface area contributed by atoms with Gasteiger partial charge in [-0.05, 0) is 67.4 Å². The summed E-state index contributed by atoms with van der Waals surface area (Å²) in [5.74, 6) is -0.239. The van der Waals surface area contributed by atoms with E-state index in [0.717, 1.165) is 30.9 Å². The molecule has 4 aromatic carbocycles. The number of carbonyl (C=O) groups is 1. The van der Waals surface area contributed by atoms with E-state index in [2.05, 4.69) is 58.9 Å². The van der Waals surface area contributed by atoms with Gasteiger partial charge in [-0.15, -0.1) is 0 Å². The van der Waals surface area contributed by atoms with Gasteiger partial charge in [-0.25, -0.2) is 0 Å². The fourth-order valence-electron chi connectivity index (χ4n) is 5.20. The number of fused-ring (bicyclic) bond motifs is 1. The highest BCUT2D eigenvalue weighted by atomic mass is 31.2. The van der Waals surface area contributed by atoms with E-state index in [0.29, 0.717) is 27.8 Å². The lowest BCUT2D eigenvalue weighted by molar-refractivity contribution is -0.110. The Bertz CT molecular complexity index is 1610. The van der Waals surface area contributed by atoms with Crippen LogP contribution in [-0.2, 0) is 31.5 Å². The van der Waals surface area contributed by atoms with Crippen molar-refractivity contribution < 1.29 is 18.4 Å². The minimum Gasteiger partial charge on any atom is -0.354 e. The fraction of sp³-hybridized carbons (Fsp3) is 0.229. The zero-order valence-corrected chi connectivity index (χ0v) is 25.8. The van der Waals surface area contributed by atoms with Crippen LogP contribution in [0.15, 0.2) is 103 Å². The van der Waals surface area contributed by atoms with Gasteiger partial charge < -0.3 is 19.7 Å². The van der Waals surface area contributed by atoms with Gasteiger partial charge in [0.25, 0.3) is 5.91 Å². The Morgan fingerprint density at radius 2 is 1.40 bits per heavy atom. The molecular weight excluding hydrogens is 557 g/mol. The van der Waals surface area contributed by atoms with Crippen molar-refractivity contribution in [3.8, 4) is 0 Å². The van der Waals surface area contributed by atoms with E-state index < -0.39 is 7.60 Å². The number of nitrogens with zero attached hydrogens (tertiary/aromatic N) is 1. The molecule has 0 saturated carbocycles. The van der Waals surface area contributed by atoms with Gasteiger partial charge in [0, 0.05) is 30.0 Å². The quantitative estimate of drug-likeness (QED) is 0.123. The Kier molecular flexibility index (Phi) is 9.90. The largest absolute Gasteiger partial charge is 0.361 e. The molecule has 1 amide bonds. The second-order valence-corrected chi connectivity index (χ2v) is 12.3. The van der Waals surface area contributed by atoms with Gasteiger partial charge in [0.2, 0.25) is 0 Å². The second kappa shape index (κ2) is 14.0. The third-order valence-corrected chi connectivity index (χ3v) is 9.41. The summed E-state index contributed by atoms with van der Waals surface area (Å²) in [5, 5.41) is 6.91. The van der Waals surface area contributed by atoms with Crippen LogP contribution in [0.25, 0.3) is 11.3 Å². The molecule has 222 valence electrons. The summed E-state index contributed by atoms with van der Waals surface area (Å²) in [7, 11) is -3.55. The molecule has 0 saturated heterocycles. The summed E-state index contributed by atoms with van der Waals surface area (Å²) < 4.78 is 24.8. The molecule has 0 aliphatic carbocycles. The number of benzene rings is 4.